The molecule has 6 heteroatoms. The third-order valence-corrected chi connectivity index (χ3v) is 4.52. The Morgan fingerprint density at radius 3 is 2.72 bits per heavy atom. The van der Waals surface area contributed by atoms with Gasteiger partial charge in [0.05, 0.1) is 17.6 Å². The second-order valence-corrected chi connectivity index (χ2v) is 6.56. The van der Waals surface area contributed by atoms with Crippen LogP contribution in [-0.4, -0.2) is 34.8 Å². The van der Waals surface area contributed by atoms with Crippen LogP contribution in [0.3, 0.4) is 0 Å². The molecule has 1 amide bonds. The number of hydrogen-bond acceptors (Lipinski definition) is 3. The van der Waals surface area contributed by atoms with Crippen molar-refractivity contribution in [2.45, 2.75) is 45.2 Å². The number of allylic oxidation sites excluding steroid dienone is 2. The van der Waals surface area contributed by atoms with E-state index in [0.717, 1.165) is 42.4 Å². The average Bonchev–Trinajstić information content (AvgIpc) is 2.88. The van der Waals surface area contributed by atoms with E-state index in [1.54, 1.807) is 16.2 Å². The maximum absolute atomic E-state index is 13.0. The molecule has 25 heavy (non-hydrogen) atoms. The molecule has 0 unspecified atom stereocenters. The van der Waals surface area contributed by atoms with E-state index >= 15 is 0 Å². The fraction of sp³-hybridized carbons (Fsp3) is 0.474. The van der Waals surface area contributed by atoms with Crippen molar-refractivity contribution in [2.24, 2.45) is 0 Å². The molecule has 1 heterocycles. The van der Waals surface area contributed by atoms with Crippen molar-refractivity contribution in [3.63, 3.8) is 0 Å². The number of nitrogens with one attached hydrogen (secondary N) is 1. The summed E-state index contributed by atoms with van der Waals surface area (Å²) in [5, 5.41) is 2.86. The normalized spacial score (nSPS) is 15.8. The molecule has 6 nitrogen and oxygen atoms in total. The monoisotopic (exact) mass is 343 g/mol. The summed E-state index contributed by atoms with van der Waals surface area (Å²) < 4.78 is 8.36. The Bertz CT molecular complexity index is 847. The van der Waals surface area contributed by atoms with E-state index in [1.807, 2.05) is 31.2 Å². The van der Waals surface area contributed by atoms with E-state index in [-0.39, 0.29) is 24.2 Å². The lowest BCUT2D eigenvalue weighted by Crippen LogP contribution is -2.39. The molecule has 1 aromatic heterocycles. The number of carbonyl (C=O) groups excluding carboxylic acids is 1. The van der Waals surface area contributed by atoms with Gasteiger partial charge in [0, 0.05) is 18.8 Å². The molecule has 1 N–H and O–H groups in total. The lowest BCUT2D eigenvalue weighted by Gasteiger charge is -2.14. The van der Waals surface area contributed by atoms with Crippen LogP contribution in [0.15, 0.2) is 35.1 Å². The zero-order chi connectivity index (χ0) is 17.8. The summed E-state index contributed by atoms with van der Waals surface area (Å²) in [7, 11) is 1.60. The SMILES string of the molecule is COC[C@H](C)NC(=O)Cn1c(=O)n(C2=CCCCC2)c2ccccc21. The predicted molar refractivity (Wildman–Crippen MR) is 98.4 cm³/mol. The summed E-state index contributed by atoms with van der Waals surface area (Å²) in [4.78, 5) is 25.3. The van der Waals surface area contributed by atoms with Gasteiger partial charge in [-0.05, 0) is 44.7 Å². The minimum absolute atomic E-state index is 0.00762. The minimum Gasteiger partial charge on any atom is -0.383 e. The number of imidazole rings is 1. The van der Waals surface area contributed by atoms with Gasteiger partial charge < -0.3 is 10.1 Å². The number of fused-ring (bicyclic) bond motifs is 1. The molecular formula is C19H25N3O3. The summed E-state index contributed by atoms with van der Waals surface area (Å²) in [6, 6.07) is 7.55. The largest absolute Gasteiger partial charge is 0.383 e. The number of nitrogens with zero attached hydrogens (tertiary/aromatic N) is 2. The van der Waals surface area contributed by atoms with E-state index in [1.165, 1.54) is 0 Å². The lowest BCUT2D eigenvalue weighted by molar-refractivity contribution is -0.122. The van der Waals surface area contributed by atoms with Crippen LogP contribution in [0.1, 0.15) is 32.6 Å². The van der Waals surface area contributed by atoms with Crippen LogP contribution in [0.25, 0.3) is 16.7 Å². The van der Waals surface area contributed by atoms with Gasteiger partial charge in [-0.1, -0.05) is 18.2 Å². The molecule has 1 atom stereocenters. The Balaban J connectivity index is 1.96. The highest BCUT2D eigenvalue weighted by Gasteiger charge is 2.19. The van der Waals surface area contributed by atoms with Crippen LogP contribution in [0.2, 0.25) is 0 Å². The molecule has 1 aliphatic carbocycles. The highest BCUT2D eigenvalue weighted by molar-refractivity contribution is 5.83. The zero-order valence-electron chi connectivity index (χ0n) is 14.8. The predicted octanol–water partition coefficient (Wildman–Crippen LogP) is 2.37. The second kappa shape index (κ2) is 7.70. The van der Waals surface area contributed by atoms with Gasteiger partial charge in [-0.3, -0.25) is 13.9 Å². The van der Waals surface area contributed by atoms with Crippen LogP contribution >= 0.6 is 0 Å². The summed E-state index contributed by atoms with van der Waals surface area (Å²) in [5.74, 6) is -0.188. The van der Waals surface area contributed by atoms with Crippen molar-refractivity contribution in [3.05, 3.63) is 40.8 Å². The number of ether oxygens (including phenoxy) is 1. The molecule has 0 bridgehead atoms. The van der Waals surface area contributed by atoms with Gasteiger partial charge in [-0.25, -0.2) is 4.79 Å². The van der Waals surface area contributed by atoms with Crippen molar-refractivity contribution in [1.29, 1.82) is 0 Å². The number of aromatic nitrogens is 2. The van der Waals surface area contributed by atoms with E-state index in [0.29, 0.717) is 6.61 Å². The summed E-state index contributed by atoms with van der Waals surface area (Å²) >= 11 is 0. The molecule has 1 aromatic carbocycles. The summed E-state index contributed by atoms with van der Waals surface area (Å²) in [5.41, 5.74) is 2.54. The molecule has 0 saturated carbocycles. The maximum atomic E-state index is 13.0. The van der Waals surface area contributed by atoms with Gasteiger partial charge in [0.25, 0.3) is 0 Å². The second-order valence-electron chi connectivity index (χ2n) is 6.56. The van der Waals surface area contributed by atoms with Crippen LogP contribution < -0.4 is 11.0 Å². The first-order chi connectivity index (χ1) is 12.1. The highest BCUT2D eigenvalue weighted by Crippen LogP contribution is 2.24. The Morgan fingerprint density at radius 2 is 2.04 bits per heavy atom. The highest BCUT2D eigenvalue weighted by atomic mass is 16.5. The summed E-state index contributed by atoms with van der Waals surface area (Å²) in [6.07, 6.45) is 6.28. The molecule has 2 aromatic rings. The Morgan fingerprint density at radius 1 is 1.28 bits per heavy atom. The fourth-order valence-corrected chi connectivity index (χ4v) is 3.42. The van der Waals surface area contributed by atoms with Crippen molar-refractivity contribution in [1.82, 2.24) is 14.5 Å². The third-order valence-electron chi connectivity index (χ3n) is 4.52. The smallest absolute Gasteiger partial charge is 0.333 e. The van der Waals surface area contributed by atoms with Gasteiger partial charge in [-0.2, -0.15) is 0 Å². The topological polar surface area (TPSA) is 65.3 Å². The van der Waals surface area contributed by atoms with E-state index in [4.69, 9.17) is 4.74 Å². The molecule has 0 radical (unpaired) electrons. The Labute approximate surface area is 147 Å². The van der Waals surface area contributed by atoms with Crippen LogP contribution in [0, 0.1) is 0 Å². The van der Waals surface area contributed by atoms with Gasteiger partial charge in [0.2, 0.25) is 5.91 Å². The molecular weight excluding hydrogens is 318 g/mol. The molecule has 3 rings (SSSR count). The number of amides is 1. The average molecular weight is 343 g/mol. The van der Waals surface area contributed by atoms with E-state index < -0.39 is 0 Å². The molecule has 134 valence electrons. The van der Waals surface area contributed by atoms with Gasteiger partial charge >= 0.3 is 5.69 Å². The van der Waals surface area contributed by atoms with Crippen molar-refractivity contribution >= 4 is 22.6 Å². The van der Waals surface area contributed by atoms with E-state index in [2.05, 4.69) is 11.4 Å². The van der Waals surface area contributed by atoms with E-state index in [9.17, 15) is 9.59 Å². The number of methoxy groups -OCH3 is 1. The molecule has 0 spiro atoms. The minimum atomic E-state index is -0.188. The number of carbonyl (C=O) groups is 1. The van der Waals surface area contributed by atoms with Crippen LogP contribution in [0.5, 0.6) is 0 Å². The van der Waals surface area contributed by atoms with Crippen molar-refractivity contribution < 1.29 is 9.53 Å². The van der Waals surface area contributed by atoms with Crippen LogP contribution in [0.4, 0.5) is 0 Å². The number of hydrogen-bond donors (Lipinski definition) is 1. The zero-order valence-corrected chi connectivity index (χ0v) is 14.8. The quantitative estimate of drug-likeness (QED) is 0.876. The molecule has 0 fully saturated rings. The van der Waals surface area contributed by atoms with Crippen molar-refractivity contribution in [2.75, 3.05) is 13.7 Å². The van der Waals surface area contributed by atoms with Gasteiger partial charge in [0.15, 0.2) is 0 Å². The number of benzene rings is 1. The maximum Gasteiger partial charge on any atom is 0.333 e. The standard InChI is InChI=1S/C19H25N3O3/c1-14(13-25-2)20-18(23)12-21-16-10-6-7-11-17(16)22(19(21)24)15-8-4-3-5-9-15/h6-8,10-11,14H,3-5,9,12-13H2,1-2H3,(H,20,23)/t14-/m0/s1. The Kier molecular flexibility index (Phi) is 5.38. The van der Waals surface area contributed by atoms with Gasteiger partial charge in [0.1, 0.15) is 6.54 Å². The first kappa shape index (κ1) is 17.5. The molecule has 1 aliphatic rings. The Hall–Kier alpha value is -2.34. The van der Waals surface area contributed by atoms with Crippen molar-refractivity contribution in [3.8, 4) is 0 Å². The molecule has 0 saturated heterocycles. The first-order valence-electron chi connectivity index (χ1n) is 8.80. The molecule has 0 aliphatic heterocycles. The van der Waals surface area contributed by atoms with Gasteiger partial charge in [-0.15, -0.1) is 0 Å². The first-order valence-corrected chi connectivity index (χ1v) is 8.80. The lowest BCUT2D eigenvalue weighted by atomic mass is 10.0. The number of rotatable bonds is 6. The summed E-state index contributed by atoms with van der Waals surface area (Å²) in [6.45, 7) is 2.32. The number of para-hydroxylation sites is 2. The fourth-order valence-electron chi connectivity index (χ4n) is 3.42. The van der Waals surface area contributed by atoms with Crippen LogP contribution in [-0.2, 0) is 16.1 Å². The third kappa shape index (κ3) is 3.69.